The summed E-state index contributed by atoms with van der Waals surface area (Å²) in [5.41, 5.74) is 3.18. The van der Waals surface area contributed by atoms with Crippen molar-refractivity contribution in [2.75, 3.05) is 7.11 Å². The molecule has 0 saturated carbocycles. The van der Waals surface area contributed by atoms with Crippen molar-refractivity contribution in [1.29, 1.82) is 0 Å². The molecule has 0 aliphatic heterocycles. The van der Waals surface area contributed by atoms with Gasteiger partial charge >= 0.3 is 5.97 Å². The Morgan fingerprint density at radius 1 is 0.821 bits per heavy atom. The van der Waals surface area contributed by atoms with Gasteiger partial charge in [-0.25, -0.2) is 4.79 Å². The van der Waals surface area contributed by atoms with Gasteiger partial charge in [0.15, 0.2) is 6.10 Å². The maximum absolute atomic E-state index is 12.7. The molecular weight excluding hydrogens is 704 g/mol. The molecule has 0 spiro atoms. The van der Waals surface area contributed by atoms with E-state index in [1.807, 2.05) is 30.3 Å². The highest BCUT2D eigenvalue weighted by molar-refractivity contribution is 9.11. The summed E-state index contributed by atoms with van der Waals surface area (Å²) in [5, 5.41) is 4.75. The Morgan fingerprint density at radius 2 is 1.44 bits per heavy atom. The largest absolute Gasteiger partial charge is 0.476 e. The Bertz CT molecular complexity index is 1840. The summed E-state index contributed by atoms with van der Waals surface area (Å²) >= 11 is 13.2. The lowest BCUT2D eigenvalue weighted by Crippen LogP contribution is -2.31. The highest BCUT2D eigenvalue weighted by Crippen LogP contribution is 2.50. The van der Waals surface area contributed by atoms with Gasteiger partial charge < -0.3 is 9.47 Å². The summed E-state index contributed by atoms with van der Waals surface area (Å²) in [5.74, 6) is 0.130. The smallest absolute Gasteiger partial charge is 0.347 e. The van der Waals surface area contributed by atoms with E-state index in [4.69, 9.17) is 9.47 Å². The van der Waals surface area contributed by atoms with Crippen molar-refractivity contribution in [2.24, 2.45) is 0 Å². The molecule has 5 aromatic carbocycles. The molecule has 7 heteroatoms. The summed E-state index contributed by atoms with van der Waals surface area (Å²) in [4.78, 5) is 12.7. The van der Waals surface area contributed by atoms with E-state index < -0.39 is 12.1 Å². The highest BCUT2D eigenvalue weighted by atomic mass is 79.9. The van der Waals surface area contributed by atoms with Crippen molar-refractivity contribution in [2.45, 2.75) is 12.5 Å². The van der Waals surface area contributed by atoms with Crippen LogP contribution in [0.3, 0.4) is 0 Å². The molecule has 1 heterocycles. The van der Waals surface area contributed by atoms with E-state index in [0.29, 0.717) is 12.2 Å². The van der Waals surface area contributed by atoms with Gasteiger partial charge in [0.05, 0.1) is 20.8 Å². The zero-order chi connectivity index (χ0) is 27.1. The Labute approximate surface area is 255 Å². The molecule has 0 fully saturated rings. The molecule has 6 aromatic rings. The van der Waals surface area contributed by atoms with Gasteiger partial charge in [0.2, 0.25) is 0 Å². The van der Waals surface area contributed by atoms with Crippen LogP contribution in [0.2, 0.25) is 0 Å². The number of hydrogen-bond acceptors (Lipinski definition) is 4. The van der Waals surface area contributed by atoms with Crippen LogP contribution < -0.4 is 4.74 Å². The topological polar surface area (TPSA) is 35.5 Å². The lowest BCUT2D eigenvalue weighted by molar-refractivity contribution is -0.148. The van der Waals surface area contributed by atoms with Crippen LogP contribution in [0, 0.1) is 0 Å². The fourth-order valence-electron chi connectivity index (χ4n) is 4.99. The molecule has 0 N–H and O–H groups in total. The number of esters is 1. The lowest BCUT2D eigenvalue weighted by atomic mass is 9.93. The van der Waals surface area contributed by atoms with E-state index in [9.17, 15) is 4.79 Å². The molecule has 1 atom stereocenters. The first-order chi connectivity index (χ1) is 19.0. The van der Waals surface area contributed by atoms with Gasteiger partial charge in [-0.05, 0) is 93.5 Å². The Balaban J connectivity index is 1.51. The van der Waals surface area contributed by atoms with Crippen LogP contribution in [0.4, 0.5) is 0 Å². The van der Waals surface area contributed by atoms with Crippen LogP contribution in [0.5, 0.6) is 5.75 Å². The summed E-state index contributed by atoms with van der Waals surface area (Å²) in [6.07, 6.45) is -0.399. The van der Waals surface area contributed by atoms with Crippen LogP contribution in [-0.2, 0) is 16.0 Å². The lowest BCUT2D eigenvalue weighted by Gasteiger charge is -2.20. The third-order valence-electron chi connectivity index (χ3n) is 6.75. The molecule has 0 radical (unpaired) electrons. The average molecular weight is 725 g/mol. The normalized spacial score (nSPS) is 12.2. The van der Waals surface area contributed by atoms with Gasteiger partial charge in [-0.15, -0.1) is 11.3 Å². The number of rotatable bonds is 6. The van der Waals surface area contributed by atoms with E-state index in [2.05, 4.69) is 108 Å². The van der Waals surface area contributed by atoms with Gasteiger partial charge in [0, 0.05) is 26.4 Å². The summed E-state index contributed by atoms with van der Waals surface area (Å²) in [6.45, 7) is 0. The minimum Gasteiger partial charge on any atom is -0.476 e. The molecule has 0 aliphatic carbocycles. The maximum atomic E-state index is 12.7. The zero-order valence-electron chi connectivity index (χ0n) is 20.7. The minimum atomic E-state index is -0.795. The molecule has 1 aromatic heterocycles. The predicted molar refractivity (Wildman–Crippen MR) is 172 cm³/mol. The number of halogens is 3. The van der Waals surface area contributed by atoms with E-state index in [0.717, 1.165) is 40.9 Å². The molecule has 194 valence electrons. The first-order valence-electron chi connectivity index (χ1n) is 12.3. The minimum absolute atomic E-state index is 0.396. The number of methoxy groups -OCH3 is 1. The maximum Gasteiger partial charge on any atom is 0.347 e. The zero-order valence-corrected chi connectivity index (χ0v) is 26.3. The van der Waals surface area contributed by atoms with Gasteiger partial charge in [-0.3, -0.25) is 0 Å². The number of fused-ring (bicyclic) bond motifs is 4. The molecular formula is C32H21Br3O3S. The Morgan fingerprint density at radius 3 is 2.13 bits per heavy atom. The SMILES string of the molecule is COC(=O)C(Cc1ccccc1)Oc1c(Br)cc(-c2c3ccccc3c(Br)c3sc4ccccc4c23)cc1Br. The van der Waals surface area contributed by atoms with Crippen LogP contribution in [0.25, 0.3) is 42.1 Å². The van der Waals surface area contributed by atoms with E-state index in [1.54, 1.807) is 11.3 Å². The summed E-state index contributed by atoms with van der Waals surface area (Å²) in [6, 6.07) is 30.9. The second-order valence-electron chi connectivity index (χ2n) is 9.13. The van der Waals surface area contributed by atoms with Gasteiger partial charge in [-0.1, -0.05) is 72.8 Å². The molecule has 0 aliphatic rings. The molecule has 39 heavy (non-hydrogen) atoms. The molecule has 6 rings (SSSR count). The van der Waals surface area contributed by atoms with Gasteiger partial charge in [-0.2, -0.15) is 0 Å². The first kappa shape index (κ1) is 26.5. The number of ether oxygens (including phenoxy) is 2. The third-order valence-corrected chi connectivity index (χ3v) is 10.2. The van der Waals surface area contributed by atoms with Crippen molar-refractivity contribution in [1.82, 2.24) is 0 Å². The van der Waals surface area contributed by atoms with Crippen molar-refractivity contribution >= 4 is 96.0 Å². The Hall–Kier alpha value is -2.71. The van der Waals surface area contributed by atoms with Crippen molar-refractivity contribution in [3.63, 3.8) is 0 Å². The number of thiophene rings is 1. The van der Waals surface area contributed by atoms with Crippen molar-refractivity contribution in [3.05, 3.63) is 110 Å². The van der Waals surface area contributed by atoms with Crippen LogP contribution in [0.1, 0.15) is 5.56 Å². The standard InChI is InChI=1S/C32H21Br3O3S/c1-37-32(36)25(15-18-9-3-2-4-10-18)38-30-23(33)16-19(17-24(30)34)27-20-11-5-6-12-21(20)29(35)31-28(27)22-13-7-8-14-26(22)39-31/h2-14,16-17,25H,15H2,1H3. The van der Waals surface area contributed by atoms with Gasteiger partial charge in [0.1, 0.15) is 5.75 Å². The van der Waals surface area contributed by atoms with Crippen LogP contribution in [-0.4, -0.2) is 19.2 Å². The molecule has 0 saturated heterocycles. The fourth-order valence-corrected chi connectivity index (χ4v) is 8.31. The average Bonchev–Trinajstić information content (AvgIpc) is 3.34. The number of benzene rings is 5. The van der Waals surface area contributed by atoms with Crippen molar-refractivity contribution in [3.8, 4) is 16.9 Å². The molecule has 3 nitrogen and oxygen atoms in total. The molecule has 0 amide bonds. The first-order valence-corrected chi connectivity index (χ1v) is 15.4. The number of carbonyl (C=O) groups is 1. The van der Waals surface area contributed by atoms with E-state index in [1.165, 1.54) is 27.3 Å². The second-order valence-corrected chi connectivity index (χ2v) is 12.7. The Kier molecular flexibility index (Phi) is 7.51. The number of hydrogen-bond donors (Lipinski definition) is 0. The van der Waals surface area contributed by atoms with E-state index in [-0.39, 0.29) is 0 Å². The third kappa shape index (κ3) is 4.91. The summed E-state index contributed by atoms with van der Waals surface area (Å²) in [7, 11) is 1.38. The highest BCUT2D eigenvalue weighted by Gasteiger charge is 2.25. The second kappa shape index (κ2) is 11.0. The van der Waals surface area contributed by atoms with Crippen LogP contribution in [0.15, 0.2) is 104 Å². The monoisotopic (exact) mass is 722 g/mol. The number of carbonyl (C=O) groups excluding carboxylic acids is 1. The quantitative estimate of drug-likeness (QED) is 0.161. The molecule has 1 unspecified atom stereocenters. The summed E-state index contributed by atoms with van der Waals surface area (Å²) < 4.78 is 16.4. The van der Waals surface area contributed by atoms with Crippen molar-refractivity contribution < 1.29 is 14.3 Å². The predicted octanol–water partition coefficient (Wildman–Crippen LogP) is 10.3. The van der Waals surface area contributed by atoms with Gasteiger partial charge in [0.25, 0.3) is 0 Å². The van der Waals surface area contributed by atoms with Crippen LogP contribution >= 0.6 is 59.1 Å². The fraction of sp³-hybridized carbons (Fsp3) is 0.0938. The van der Waals surface area contributed by atoms with E-state index >= 15 is 0 Å². The molecule has 0 bridgehead atoms.